The molecule has 1 aromatic carbocycles. The van der Waals surface area contributed by atoms with Crippen LogP contribution in [0, 0.1) is 11.7 Å². The van der Waals surface area contributed by atoms with Crippen LogP contribution in [-0.2, 0) is 6.42 Å². The molecule has 2 heterocycles. The summed E-state index contributed by atoms with van der Waals surface area (Å²) < 4.78 is 13.2. The summed E-state index contributed by atoms with van der Waals surface area (Å²) in [6, 6.07) is 4.87. The van der Waals surface area contributed by atoms with Crippen LogP contribution in [0.4, 0.5) is 4.39 Å². The number of rotatable bonds is 5. The molecule has 5 nitrogen and oxygen atoms in total. The van der Waals surface area contributed by atoms with Gasteiger partial charge in [-0.05, 0) is 56.1 Å². The third-order valence-electron chi connectivity index (χ3n) is 4.69. The summed E-state index contributed by atoms with van der Waals surface area (Å²) in [7, 11) is 3.96. The highest BCUT2D eigenvalue weighted by Crippen LogP contribution is 2.19. The van der Waals surface area contributed by atoms with Gasteiger partial charge in [-0.15, -0.1) is 24.0 Å². The molecule has 138 valence electrons. The van der Waals surface area contributed by atoms with Crippen molar-refractivity contribution < 1.29 is 4.39 Å². The number of H-pyrrole nitrogens is 1. The topological polar surface area (TPSA) is 55.5 Å². The minimum atomic E-state index is -0.212. The minimum Gasteiger partial charge on any atom is -0.361 e. The Morgan fingerprint density at radius 2 is 2.24 bits per heavy atom. The van der Waals surface area contributed by atoms with E-state index in [0.717, 1.165) is 42.9 Å². The highest BCUT2D eigenvalue weighted by Gasteiger charge is 2.19. The van der Waals surface area contributed by atoms with Gasteiger partial charge in [-0.1, -0.05) is 0 Å². The van der Waals surface area contributed by atoms with Gasteiger partial charge in [-0.3, -0.25) is 4.99 Å². The Morgan fingerprint density at radius 3 is 2.96 bits per heavy atom. The van der Waals surface area contributed by atoms with E-state index in [1.165, 1.54) is 30.7 Å². The van der Waals surface area contributed by atoms with Crippen LogP contribution >= 0.6 is 24.0 Å². The fourth-order valence-corrected chi connectivity index (χ4v) is 3.34. The molecule has 0 spiro atoms. The minimum absolute atomic E-state index is 0. The monoisotopic (exact) mass is 459 g/mol. The second kappa shape index (κ2) is 9.38. The standard InChI is InChI=1S/C18H26FN5.HI/c1-20-18(23-10-13-6-8-24(2)12-13)21-7-5-14-11-22-17-9-15(19)3-4-16(14)17;/h3-4,9,11,13,22H,5-8,10,12H2,1-2H3,(H2,20,21,23);1H. The molecular formula is C18H27FIN5. The second-order valence-corrected chi connectivity index (χ2v) is 6.55. The van der Waals surface area contributed by atoms with E-state index in [0.29, 0.717) is 5.92 Å². The average molecular weight is 459 g/mol. The lowest BCUT2D eigenvalue weighted by Gasteiger charge is -2.15. The predicted molar refractivity (Wildman–Crippen MR) is 112 cm³/mol. The van der Waals surface area contributed by atoms with Gasteiger partial charge in [0.05, 0.1) is 0 Å². The molecule has 1 aliphatic rings. The van der Waals surface area contributed by atoms with E-state index in [1.54, 1.807) is 7.05 Å². The van der Waals surface area contributed by atoms with Crippen molar-refractivity contribution in [2.24, 2.45) is 10.9 Å². The zero-order valence-corrected chi connectivity index (χ0v) is 17.1. The summed E-state index contributed by atoms with van der Waals surface area (Å²) >= 11 is 0. The van der Waals surface area contributed by atoms with E-state index in [4.69, 9.17) is 0 Å². The van der Waals surface area contributed by atoms with Gasteiger partial charge in [0.1, 0.15) is 5.82 Å². The van der Waals surface area contributed by atoms with Gasteiger partial charge in [-0.25, -0.2) is 4.39 Å². The van der Waals surface area contributed by atoms with Crippen LogP contribution < -0.4 is 10.6 Å². The van der Waals surface area contributed by atoms with Crippen LogP contribution in [0.1, 0.15) is 12.0 Å². The largest absolute Gasteiger partial charge is 0.361 e. The summed E-state index contributed by atoms with van der Waals surface area (Å²) in [4.78, 5) is 9.78. The van der Waals surface area contributed by atoms with Crippen LogP contribution in [0.25, 0.3) is 10.9 Å². The maximum absolute atomic E-state index is 13.2. The van der Waals surface area contributed by atoms with Crippen LogP contribution in [0.2, 0.25) is 0 Å². The molecule has 1 saturated heterocycles. The van der Waals surface area contributed by atoms with E-state index >= 15 is 0 Å². The molecule has 2 aromatic rings. The molecule has 0 aliphatic carbocycles. The number of nitrogens with zero attached hydrogens (tertiary/aromatic N) is 2. The molecule has 1 aromatic heterocycles. The van der Waals surface area contributed by atoms with Crippen molar-refractivity contribution >= 4 is 40.8 Å². The van der Waals surface area contributed by atoms with Crippen LogP contribution in [-0.4, -0.2) is 56.1 Å². The maximum atomic E-state index is 13.2. The maximum Gasteiger partial charge on any atom is 0.190 e. The van der Waals surface area contributed by atoms with Crippen LogP contribution in [0.5, 0.6) is 0 Å². The van der Waals surface area contributed by atoms with Crippen molar-refractivity contribution in [3.8, 4) is 0 Å². The molecular weight excluding hydrogens is 432 g/mol. The first-order valence-corrected chi connectivity index (χ1v) is 8.54. The molecule has 0 radical (unpaired) electrons. The van der Waals surface area contributed by atoms with Crippen molar-refractivity contribution in [1.29, 1.82) is 0 Å². The number of hydrogen-bond acceptors (Lipinski definition) is 2. The van der Waals surface area contributed by atoms with E-state index in [9.17, 15) is 4.39 Å². The zero-order chi connectivity index (χ0) is 16.9. The van der Waals surface area contributed by atoms with Gasteiger partial charge in [0.25, 0.3) is 0 Å². The molecule has 7 heteroatoms. The number of likely N-dealkylation sites (tertiary alicyclic amines) is 1. The average Bonchev–Trinajstić information content (AvgIpc) is 3.16. The third-order valence-corrected chi connectivity index (χ3v) is 4.69. The first kappa shape index (κ1) is 20.0. The number of benzene rings is 1. The van der Waals surface area contributed by atoms with Crippen molar-refractivity contribution in [3.63, 3.8) is 0 Å². The summed E-state index contributed by atoms with van der Waals surface area (Å²) in [5, 5.41) is 7.85. The number of guanidine groups is 1. The summed E-state index contributed by atoms with van der Waals surface area (Å²) in [6.07, 6.45) is 4.06. The molecule has 3 N–H and O–H groups in total. The predicted octanol–water partition coefficient (Wildman–Crippen LogP) is 2.58. The number of halogens is 2. The number of hydrogen-bond donors (Lipinski definition) is 3. The molecule has 25 heavy (non-hydrogen) atoms. The van der Waals surface area contributed by atoms with Crippen LogP contribution in [0.15, 0.2) is 29.4 Å². The molecule has 0 bridgehead atoms. The molecule has 1 fully saturated rings. The Morgan fingerprint density at radius 1 is 1.40 bits per heavy atom. The number of aromatic amines is 1. The fraction of sp³-hybridized carbons (Fsp3) is 0.500. The number of nitrogens with one attached hydrogen (secondary N) is 3. The lowest BCUT2D eigenvalue weighted by atomic mass is 10.1. The Balaban J connectivity index is 0.00000225. The number of aliphatic imine (C=N–C) groups is 1. The first-order chi connectivity index (χ1) is 11.7. The molecule has 3 rings (SSSR count). The Hall–Kier alpha value is -1.35. The lowest BCUT2D eigenvalue weighted by Crippen LogP contribution is -2.40. The number of fused-ring (bicyclic) bond motifs is 1. The fourth-order valence-electron chi connectivity index (χ4n) is 3.34. The third kappa shape index (κ3) is 5.31. The van der Waals surface area contributed by atoms with Crippen molar-refractivity contribution in [2.45, 2.75) is 12.8 Å². The van der Waals surface area contributed by atoms with E-state index in [1.807, 2.05) is 12.3 Å². The smallest absolute Gasteiger partial charge is 0.190 e. The molecule has 1 unspecified atom stereocenters. The van der Waals surface area contributed by atoms with Crippen molar-refractivity contribution in [1.82, 2.24) is 20.5 Å². The Bertz CT molecular complexity index is 715. The van der Waals surface area contributed by atoms with Crippen molar-refractivity contribution in [3.05, 3.63) is 35.8 Å². The first-order valence-electron chi connectivity index (χ1n) is 8.54. The molecule has 0 saturated carbocycles. The van der Waals surface area contributed by atoms with E-state index in [2.05, 4.69) is 32.6 Å². The second-order valence-electron chi connectivity index (χ2n) is 6.55. The molecule has 1 atom stereocenters. The Labute approximate surface area is 165 Å². The normalized spacial score (nSPS) is 18.4. The lowest BCUT2D eigenvalue weighted by molar-refractivity contribution is 0.394. The quantitative estimate of drug-likeness (QED) is 0.366. The Kier molecular flexibility index (Phi) is 7.49. The van der Waals surface area contributed by atoms with Gasteiger partial charge >= 0.3 is 0 Å². The summed E-state index contributed by atoms with van der Waals surface area (Å²) in [6.45, 7) is 4.07. The van der Waals surface area contributed by atoms with Gasteiger partial charge in [-0.2, -0.15) is 0 Å². The highest BCUT2D eigenvalue weighted by molar-refractivity contribution is 14.0. The summed E-state index contributed by atoms with van der Waals surface area (Å²) in [5.74, 6) is 1.32. The van der Waals surface area contributed by atoms with E-state index in [-0.39, 0.29) is 29.8 Å². The molecule has 1 aliphatic heterocycles. The summed E-state index contributed by atoms with van der Waals surface area (Å²) in [5.41, 5.74) is 2.03. The van der Waals surface area contributed by atoms with Gasteiger partial charge in [0.15, 0.2) is 5.96 Å². The van der Waals surface area contributed by atoms with Crippen LogP contribution in [0.3, 0.4) is 0 Å². The van der Waals surface area contributed by atoms with Gasteiger partial charge in [0.2, 0.25) is 0 Å². The SMILES string of the molecule is CN=C(NCCc1c[nH]c2cc(F)ccc12)NCC1CCN(C)C1.I. The zero-order valence-electron chi connectivity index (χ0n) is 14.8. The highest BCUT2D eigenvalue weighted by atomic mass is 127. The van der Waals surface area contributed by atoms with E-state index < -0.39 is 0 Å². The number of aromatic nitrogens is 1. The van der Waals surface area contributed by atoms with Gasteiger partial charge < -0.3 is 20.5 Å². The van der Waals surface area contributed by atoms with Crippen molar-refractivity contribution in [2.75, 3.05) is 40.3 Å². The van der Waals surface area contributed by atoms with Gasteiger partial charge in [0, 0.05) is 43.8 Å². The molecule has 0 amide bonds.